The molecule has 0 heterocycles. The van der Waals surface area contributed by atoms with Crippen LogP contribution in [0, 0.1) is 11.8 Å². The predicted molar refractivity (Wildman–Crippen MR) is 37.5 cm³/mol. The molecule has 1 aliphatic rings. The van der Waals surface area contributed by atoms with Crippen LogP contribution in [0.1, 0.15) is 26.2 Å². The fourth-order valence-electron chi connectivity index (χ4n) is 1.45. The Morgan fingerprint density at radius 1 is 1.64 bits per heavy atom. The fourth-order valence-corrected chi connectivity index (χ4v) is 1.45. The van der Waals surface area contributed by atoms with Gasteiger partial charge >= 0.3 is 0 Å². The molecule has 0 aromatic heterocycles. The van der Waals surface area contributed by atoms with Gasteiger partial charge in [-0.1, -0.05) is 6.92 Å². The second kappa shape index (κ2) is 2.88. The molecule has 0 N–H and O–H groups in total. The van der Waals surface area contributed by atoms with E-state index in [0.717, 1.165) is 6.29 Å². The first-order valence-electron chi connectivity index (χ1n) is 3.86. The van der Waals surface area contributed by atoms with Crippen molar-refractivity contribution in [3.05, 3.63) is 0 Å². The molecular weight excluding hydrogens is 150 g/mol. The minimum absolute atomic E-state index is 0.0258. The van der Waals surface area contributed by atoms with Crippen LogP contribution in [0.3, 0.4) is 0 Å². The third-order valence-electron chi connectivity index (χ3n) is 2.39. The average Bonchev–Trinajstić information content (AvgIpc) is 1.83. The number of alkyl halides is 2. The molecule has 0 radical (unpaired) electrons. The van der Waals surface area contributed by atoms with Gasteiger partial charge in [-0.2, -0.15) is 0 Å². The molecule has 0 spiro atoms. The zero-order valence-electron chi connectivity index (χ0n) is 6.52. The van der Waals surface area contributed by atoms with Crippen molar-refractivity contribution in [3.63, 3.8) is 0 Å². The van der Waals surface area contributed by atoms with Gasteiger partial charge < -0.3 is 4.79 Å². The maximum absolute atomic E-state index is 12.3. The second-order valence-corrected chi connectivity index (χ2v) is 3.40. The Hall–Kier alpha value is -0.470. The van der Waals surface area contributed by atoms with Crippen molar-refractivity contribution < 1.29 is 13.6 Å². The van der Waals surface area contributed by atoms with Crippen molar-refractivity contribution in [3.8, 4) is 0 Å². The summed E-state index contributed by atoms with van der Waals surface area (Å²) >= 11 is 0. The minimum Gasteiger partial charge on any atom is -0.303 e. The number of halogens is 2. The number of carbonyl (C=O) groups excluding carboxylic acids is 1. The largest absolute Gasteiger partial charge is 0.303 e. The molecule has 11 heavy (non-hydrogen) atoms. The zero-order chi connectivity index (χ0) is 8.48. The van der Waals surface area contributed by atoms with E-state index in [1.165, 1.54) is 0 Å². The summed E-state index contributed by atoms with van der Waals surface area (Å²) in [6.45, 7) is 1.86. The van der Waals surface area contributed by atoms with Crippen molar-refractivity contribution in [2.75, 3.05) is 0 Å². The van der Waals surface area contributed by atoms with Gasteiger partial charge in [-0.25, -0.2) is 8.78 Å². The first-order chi connectivity index (χ1) is 5.05. The highest BCUT2D eigenvalue weighted by molar-refractivity contribution is 5.49. The molecule has 1 rings (SSSR count). The molecule has 0 saturated heterocycles. The van der Waals surface area contributed by atoms with Crippen LogP contribution >= 0.6 is 0 Å². The van der Waals surface area contributed by atoms with Crippen LogP contribution in [0.2, 0.25) is 0 Å². The summed E-state index contributed by atoms with van der Waals surface area (Å²) in [6.07, 6.45) is 1.17. The minimum atomic E-state index is -2.44. The normalized spacial score (nSPS) is 25.7. The van der Waals surface area contributed by atoms with Crippen molar-refractivity contribution in [1.29, 1.82) is 0 Å². The van der Waals surface area contributed by atoms with Gasteiger partial charge in [0.15, 0.2) is 0 Å². The van der Waals surface area contributed by atoms with E-state index in [0.29, 0.717) is 6.42 Å². The third-order valence-corrected chi connectivity index (χ3v) is 2.39. The summed E-state index contributed by atoms with van der Waals surface area (Å²) in [7, 11) is 0. The monoisotopic (exact) mass is 162 g/mol. The summed E-state index contributed by atoms with van der Waals surface area (Å²) in [5.41, 5.74) is 0. The van der Waals surface area contributed by atoms with E-state index < -0.39 is 5.92 Å². The SMILES string of the molecule is CC(CC=O)C1CC(F)(F)C1. The lowest BCUT2D eigenvalue weighted by molar-refractivity contribution is -0.128. The molecular formula is C8H12F2O. The van der Waals surface area contributed by atoms with Crippen molar-refractivity contribution in [2.24, 2.45) is 11.8 Å². The molecule has 3 heteroatoms. The molecule has 1 saturated carbocycles. The first kappa shape index (κ1) is 8.62. The highest BCUT2D eigenvalue weighted by Crippen LogP contribution is 2.46. The van der Waals surface area contributed by atoms with E-state index in [9.17, 15) is 13.6 Å². The highest BCUT2D eigenvalue weighted by Gasteiger charge is 2.46. The van der Waals surface area contributed by atoms with Gasteiger partial charge in [0.05, 0.1) is 0 Å². The fraction of sp³-hybridized carbons (Fsp3) is 0.875. The molecule has 0 aromatic carbocycles. The average molecular weight is 162 g/mol. The zero-order valence-corrected chi connectivity index (χ0v) is 6.52. The van der Waals surface area contributed by atoms with Crippen LogP contribution in [-0.4, -0.2) is 12.2 Å². The van der Waals surface area contributed by atoms with E-state index >= 15 is 0 Å². The summed E-state index contributed by atoms with van der Waals surface area (Å²) in [6, 6.07) is 0. The molecule has 1 unspecified atom stereocenters. The number of rotatable bonds is 3. The molecule has 1 nitrogen and oxygen atoms in total. The van der Waals surface area contributed by atoms with E-state index in [-0.39, 0.29) is 24.7 Å². The van der Waals surface area contributed by atoms with E-state index in [4.69, 9.17) is 0 Å². The Labute approximate surface area is 64.8 Å². The van der Waals surface area contributed by atoms with E-state index in [2.05, 4.69) is 0 Å². The lowest BCUT2D eigenvalue weighted by Crippen LogP contribution is -2.38. The van der Waals surface area contributed by atoms with Crippen LogP contribution in [0.25, 0.3) is 0 Å². The van der Waals surface area contributed by atoms with Crippen molar-refractivity contribution >= 4 is 6.29 Å². The van der Waals surface area contributed by atoms with Crippen LogP contribution in [0.5, 0.6) is 0 Å². The van der Waals surface area contributed by atoms with E-state index in [1.54, 1.807) is 0 Å². The highest BCUT2D eigenvalue weighted by atomic mass is 19.3. The Kier molecular flexibility index (Phi) is 2.25. The molecule has 64 valence electrons. The lowest BCUT2D eigenvalue weighted by atomic mass is 9.73. The van der Waals surface area contributed by atoms with Crippen molar-refractivity contribution in [1.82, 2.24) is 0 Å². The first-order valence-corrected chi connectivity index (χ1v) is 3.86. The molecule has 0 aromatic rings. The Morgan fingerprint density at radius 3 is 2.55 bits per heavy atom. The Morgan fingerprint density at radius 2 is 2.18 bits per heavy atom. The number of carbonyl (C=O) groups is 1. The van der Waals surface area contributed by atoms with Gasteiger partial charge in [0, 0.05) is 19.3 Å². The Balaban J connectivity index is 2.26. The molecule has 1 atom stereocenters. The van der Waals surface area contributed by atoms with Crippen LogP contribution in [0.15, 0.2) is 0 Å². The van der Waals surface area contributed by atoms with Gasteiger partial charge in [-0.05, 0) is 11.8 Å². The summed E-state index contributed by atoms with van der Waals surface area (Å²) < 4.78 is 24.6. The molecule has 1 fully saturated rings. The van der Waals surface area contributed by atoms with Crippen LogP contribution < -0.4 is 0 Å². The second-order valence-electron chi connectivity index (χ2n) is 3.40. The van der Waals surface area contributed by atoms with E-state index in [1.807, 2.05) is 6.92 Å². The molecule has 1 aliphatic carbocycles. The summed E-state index contributed by atoms with van der Waals surface area (Å²) in [5, 5.41) is 0. The standard InChI is InChI=1S/C8H12F2O/c1-6(2-3-11)7-4-8(9,10)5-7/h3,6-7H,2,4-5H2,1H3. The Bertz CT molecular complexity index is 148. The number of aldehydes is 1. The lowest BCUT2D eigenvalue weighted by Gasteiger charge is -2.38. The molecule has 0 amide bonds. The van der Waals surface area contributed by atoms with Gasteiger partial charge in [0.2, 0.25) is 5.92 Å². The van der Waals surface area contributed by atoms with Gasteiger partial charge in [-0.3, -0.25) is 0 Å². The molecule has 0 aliphatic heterocycles. The topological polar surface area (TPSA) is 17.1 Å². The van der Waals surface area contributed by atoms with Crippen LogP contribution in [0.4, 0.5) is 8.78 Å². The predicted octanol–water partition coefficient (Wildman–Crippen LogP) is 2.26. The maximum atomic E-state index is 12.3. The van der Waals surface area contributed by atoms with Gasteiger partial charge in [0.25, 0.3) is 0 Å². The smallest absolute Gasteiger partial charge is 0.248 e. The summed E-state index contributed by atoms with van der Waals surface area (Å²) in [4.78, 5) is 10.0. The molecule has 0 bridgehead atoms. The van der Waals surface area contributed by atoms with Gasteiger partial charge in [-0.15, -0.1) is 0 Å². The van der Waals surface area contributed by atoms with Gasteiger partial charge in [0.1, 0.15) is 6.29 Å². The van der Waals surface area contributed by atoms with Crippen LogP contribution in [-0.2, 0) is 4.79 Å². The number of hydrogen-bond acceptors (Lipinski definition) is 1. The quantitative estimate of drug-likeness (QED) is 0.582. The third kappa shape index (κ3) is 1.98. The summed E-state index contributed by atoms with van der Waals surface area (Å²) in [5.74, 6) is -2.25. The maximum Gasteiger partial charge on any atom is 0.248 e. The van der Waals surface area contributed by atoms with Crippen molar-refractivity contribution in [2.45, 2.75) is 32.1 Å². The number of hydrogen-bond donors (Lipinski definition) is 0.